The number of esters is 2. The summed E-state index contributed by atoms with van der Waals surface area (Å²) in [5.74, 6) is -1.59. The van der Waals surface area contributed by atoms with E-state index in [4.69, 9.17) is 31.5 Å². The van der Waals surface area contributed by atoms with E-state index in [1.54, 1.807) is 24.9 Å². The van der Waals surface area contributed by atoms with Crippen LogP contribution in [-0.2, 0) is 30.2 Å². The van der Waals surface area contributed by atoms with Gasteiger partial charge in [-0.25, -0.2) is 9.59 Å². The number of rotatable bonds is 9. The molecule has 0 fully saturated rings. The van der Waals surface area contributed by atoms with Crippen LogP contribution in [-0.4, -0.2) is 57.4 Å². The summed E-state index contributed by atoms with van der Waals surface area (Å²) in [4.78, 5) is 27.6. The first-order valence-corrected chi connectivity index (χ1v) is 10.2. The molecule has 1 unspecified atom stereocenters. The fourth-order valence-electron chi connectivity index (χ4n) is 3.54. The number of ether oxygens (including phenoxy) is 3. The van der Waals surface area contributed by atoms with E-state index in [0.29, 0.717) is 47.1 Å². The lowest BCUT2D eigenvalue weighted by molar-refractivity contribution is -0.139. The Balaban J connectivity index is 2.64. The van der Waals surface area contributed by atoms with Gasteiger partial charge in [-0.15, -0.1) is 0 Å². The van der Waals surface area contributed by atoms with Crippen molar-refractivity contribution in [3.05, 3.63) is 57.4 Å². The van der Waals surface area contributed by atoms with Gasteiger partial charge >= 0.3 is 11.9 Å². The summed E-state index contributed by atoms with van der Waals surface area (Å²) >= 11 is 6.38. The molecule has 0 radical (unpaired) electrons. The topological polar surface area (TPSA) is 91.1 Å². The minimum atomic E-state index is -0.593. The van der Waals surface area contributed by atoms with Crippen molar-refractivity contribution in [1.82, 2.24) is 4.90 Å². The van der Waals surface area contributed by atoms with Crippen molar-refractivity contribution in [1.29, 1.82) is 0 Å². The van der Waals surface area contributed by atoms with Gasteiger partial charge in [0.1, 0.15) is 0 Å². The molecule has 7 nitrogen and oxygen atoms in total. The highest BCUT2D eigenvalue weighted by atomic mass is 35.5. The van der Waals surface area contributed by atoms with Crippen molar-refractivity contribution in [2.75, 3.05) is 40.5 Å². The predicted molar refractivity (Wildman–Crippen MR) is 115 cm³/mol. The molecular formula is C22H29ClN2O5. The van der Waals surface area contributed by atoms with Crippen LogP contribution in [0.25, 0.3) is 0 Å². The second-order valence-electron chi connectivity index (χ2n) is 6.82. The van der Waals surface area contributed by atoms with Gasteiger partial charge in [-0.2, -0.15) is 0 Å². The highest BCUT2D eigenvalue weighted by molar-refractivity contribution is 6.31. The SMILES string of the molecule is CCOC(=O)C1=C(COCCN)N(C)C(C)=C(C(=O)OC)C1Cc1ccccc1Cl. The minimum absolute atomic E-state index is 0.159. The molecule has 1 aromatic rings. The maximum atomic E-state index is 13.0. The maximum Gasteiger partial charge on any atom is 0.336 e. The van der Waals surface area contributed by atoms with Crippen molar-refractivity contribution in [3.8, 4) is 0 Å². The number of hydrogen-bond donors (Lipinski definition) is 1. The monoisotopic (exact) mass is 436 g/mol. The van der Waals surface area contributed by atoms with Crippen molar-refractivity contribution in [2.24, 2.45) is 11.7 Å². The molecule has 0 spiro atoms. The number of hydrogen-bond acceptors (Lipinski definition) is 7. The summed E-state index contributed by atoms with van der Waals surface area (Å²) in [6, 6.07) is 7.35. The standard InChI is InChI=1S/C22H29ClN2O5/c1-5-30-22(27)20-16(12-15-8-6-7-9-17(15)23)19(21(26)28-4)14(2)25(3)18(20)13-29-11-10-24/h6-9,16H,5,10-13,24H2,1-4H3. The molecule has 0 saturated heterocycles. The lowest BCUT2D eigenvalue weighted by Crippen LogP contribution is -2.37. The Labute approximate surface area is 182 Å². The van der Waals surface area contributed by atoms with Crippen LogP contribution in [0.5, 0.6) is 0 Å². The van der Waals surface area contributed by atoms with Crippen molar-refractivity contribution >= 4 is 23.5 Å². The Bertz CT molecular complexity index is 850. The summed E-state index contributed by atoms with van der Waals surface area (Å²) in [5, 5.41) is 0.558. The van der Waals surface area contributed by atoms with Gasteiger partial charge in [0.15, 0.2) is 0 Å². The molecule has 1 aromatic carbocycles. The molecule has 1 atom stereocenters. The number of benzene rings is 1. The second kappa shape index (κ2) is 11.2. The highest BCUT2D eigenvalue weighted by Crippen LogP contribution is 2.39. The molecule has 30 heavy (non-hydrogen) atoms. The van der Waals surface area contributed by atoms with E-state index in [9.17, 15) is 9.59 Å². The zero-order chi connectivity index (χ0) is 22.3. The second-order valence-corrected chi connectivity index (χ2v) is 7.23. The maximum absolute atomic E-state index is 13.0. The molecule has 0 saturated carbocycles. The molecule has 2 N–H and O–H groups in total. The summed E-state index contributed by atoms with van der Waals surface area (Å²) in [7, 11) is 3.10. The van der Waals surface area contributed by atoms with Crippen molar-refractivity contribution < 1.29 is 23.8 Å². The Kier molecular flexibility index (Phi) is 8.89. The Morgan fingerprint density at radius 3 is 2.50 bits per heavy atom. The summed E-state index contributed by atoms with van der Waals surface area (Å²) in [5.41, 5.74) is 8.42. The highest BCUT2D eigenvalue weighted by Gasteiger charge is 2.40. The van der Waals surface area contributed by atoms with Gasteiger partial charge < -0.3 is 24.8 Å². The number of nitrogens with zero attached hydrogens (tertiary/aromatic N) is 1. The summed E-state index contributed by atoms with van der Waals surface area (Å²) < 4.78 is 16.0. The molecule has 1 heterocycles. The van der Waals surface area contributed by atoms with Crippen LogP contribution in [0.1, 0.15) is 19.4 Å². The average Bonchev–Trinajstić information content (AvgIpc) is 2.73. The number of methoxy groups -OCH3 is 1. The number of nitrogens with two attached hydrogens (primary N) is 1. The summed E-state index contributed by atoms with van der Waals surface area (Å²) in [6.07, 6.45) is 0.337. The van der Waals surface area contributed by atoms with Crippen LogP contribution in [0.2, 0.25) is 5.02 Å². The Morgan fingerprint density at radius 1 is 1.20 bits per heavy atom. The van der Waals surface area contributed by atoms with Gasteiger partial charge in [0.2, 0.25) is 0 Å². The third kappa shape index (κ3) is 5.22. The molecule has 0 amide bonds. The average molecular weight is 437 g/mol. The number of halogens is 1. The van der Waals surface area contributed by atoms with E-state index >= 15 is 0 Å². The van der Waals surface area contributed by atoms with E-state index in [1.807, 2.05) is 25.1 Å². The molecule has 0 bridgehead atoms. The summed E-state index contributed by atoms with van der Waals surface area (Å²) in [6.45, 7) is 4.62. The van der Waals surface area contributed by atoms with Crippen LogP contribution in [0.4, 0.5) is 0 Å². The quantitative estimate of drug-likeness (QED) is 0.470. The molecule has 1 aliphatic rings. The fourth-order valence-corrected chi connectivity index (χ4v) is 3.76. The van der Waals surface area contributed by atoms with Crippen LogP contribution in [0.15, 0.2) is 46.8 Å². The van der Waals surface area contributed by atoms with Gasteiger partial charge in [-0.3, -0.25) is 0 Å². The lowest BCUT2D eigenvalue weighted by atomic mass is 9.80. The van der Waals surface area contributed by atoms with Gasteiger partial charge in [0.05, 0.1) is 43.8 Å². The zero-order valence-corrected chi connectivity index (χ0v) is 18.6. The van der Waals surface area contributed by atoms with Gasteiger partial charge in [0, 0.05) is 30.2 Å². The Hall–Kier alpha value is -2.35. The molecule has 2 rings (SSSR count). The molecule has 1 aliphatic heterocycles. The molecule has 8 heteroatoms. The largest absolute Gasteiger partial charge is 0.466 e. The third-order valence-electron chi connectivity index (χ3n) is 5.09. The molecule has 164 valence electrons. The lowest BCUT2D eigenvalue weighted by Gasteiger charge is -2.36. The smallest absolute Gasteiger partial charge is 0.336 e. The first-order chi connectivity index (χ1) is 14.4. The van der Waals surface area contributed by atoms with Crippen LogP contribution < -0.4 is 5.73 Å². The fraction of sp³-hybridized carbons (Fsp3) is 0.455. The van der Waals surface area contributed by atoms with Gasteiger partial charge in [-0.05, 0) is 31.9 Å². The van der Waals surface area contributed by atoms with Crippen molar-refractivity contribution in [2.45, 2.75) is 20.3 Å². The molecular weight excluding hydrogens is 408 g/mol. The third-order valence-corrected chi connectivity index (χ3v) is 5.46. The normalized spacial score (nSPS) is 16.7. The van der Waals surface area contributed by atoms with E-state index in [0.717, 1.165) is 5.56 Å². The van der Waals surface area contributed by atoms with E-state index in [1.165, 1.54) is 7.11 Å². The Morgan fingerprint density at radius 2 is 1.90 bits per heavy atom. The van der Waals surface area contributed by atoms with Gasteiger partial charge in [-0.1, -0.05) is 29.8 Å². The number of carbonyl (C=O) groups excluding carboxylic acids is 2. The van der Waals surface area contributed by atoms with Gasteiger partial charge in [0.25, 0.3) is 0 Å². The van der Waals surface area contributed by atoms with E-state index < -0.39 is 17.9 Å². The van der Waals surface area contributed by atoms with E-state index in [2.05, 4.69) is 0 Å². The van der Waals surface area contributed by atoms with Crippen molar-refractivity contribution in [3.63, 3.8) is 0 Å². The number of likely N-dealkylation sites (N-methyl/N-ethyl adjacent to an activating group) is 1. The predicted octanol–water partition coefficient (Wildman–Crippen LogP) is 2.68. The molecule has 0 aliphatic carbocycles. The van der Waals surface area contributed by atoms with Crippen LogP contribution in [0.3, 0.4) is 0 Å². The minimum Gasteiger partial charge on any atom is -0.466 e. The zero-order valence-electron chi connectivity index (χ0n) is 17.9. The first kappa shape index (κ1) is 23.9. The van der Waals surface area contributed by atoms with E-state index in [-0.39, 0.29) is 13.2 Å². The first-order valence-electron chi connectivity index (χ1n) is 9.81. The van der Waals surface area contributed by atoms with Crippen LogP contribution >= 0.6 is 11.6 Å². The molecule has 0 aromatic heterocycles. The number of allylic oxidation sites excluding steroid dienone is 1. The number of carbonyl (C=O) groups is 2. The van der Waals surface area contributed by atoms with Crippen LogP contribution in [0, 0.1) is 5.92 Å².